The van der Waals surface area contributed by atoms with Gasteiger partial charge in [0.05, 0.1) is 41.3 Å². The zero-order chi connectivity index (χ0) is 24.4. The van der Waals surface area contributed by atoms with Crippen LogP contribution in [-0.2, 0) is 11.2 Å². The average Bonchev–Trinajstić information content (AvgIpc) is 2.88. The third-order valence-corrected chi connectivity index (χ3v) is 8.02. The van der Waals surface area contributed by atoms with Crippen molar-refractivity contribution in [3.05, 3.63) is 53.7 Å². The molecule has 184 valence electrons. The first-order chi connectivity index (χ1) is 16.9. The Bertz CT molecular complexity index is 1230. The zero-order valence-corrected chi connectivity index (χ0v) is 20.6. The molecule has 0 radical (unpaired) electrons. The first-order valence-corrected chi connectivity index (χ1v) is 12.9. The van der Waals surface area contributed by atoms with Gasteiger partial charge >= 0.3 is 0 Å². The fourth-order valence-corrected chi connectivity index (χ4v) is 5.59. The molecule has 3 N–H and O–H groups in total. The van der Waals surface area contributed by atoms with Crippen molar-refractivity contribution in [1.82, 2.24) is 14.9 Å². The number of hydrogen-bond donors (Lipinski definition) is 3. The number of ether oxygens (including phenoxy) is 1. The molecule has 35 heavy (non-hydrogen) atoms. The van der Waals surface area contributed by atoms with Crippen molar-refractivity contribution in [2.75, 3.05) is 37.8 Å². The number of aromatic nitrogens is 2. The molecular weight excluding hydrogens is 464 g/mol. The number of nitrogens with one attached hydrogen (secondary N) is 1. The summed E-state index contributed by atoms with van der Waals surface area (Å²) in [5.41, 5.74) is 3.50. The minimum atomic E-state index is -0.747. The Labute approximate surface area is 208 Å². The van der Waals surface area contributed by atoms with Crippen molar-refractivity contribution >= 4 is 34.4 Å². The summed E-state index contributed by atoms with van der Waals surface area (Å²) >= 11 is 1.51. The number of carbonyl (C=O) groups is 1. The number of β-amino-alcohol motifs (C(OH)–C–C–N with tert-alkyl or cyclic N) is 1. The molecule has 0 bridgehead atoms. The lowest BCUT2D eigenvalue weighted by molar-refractivity contribution is -0.113. The SMILES string of the molecule is COc1ccc2nccc(CCC3(O)CCN(CC(O)c4ccc5c(c4)NC(=O)CS5)CC3)c2n1. The van der Waals surface area contributed by atoms with Crippen LogP contribution in [0.2, 0.25) is 0 Å². The summed E-state index contributed by atoms with van der Waals surface area (Å²) in [4.78, 5) is 23.8. The van der Waals surface area contributed by atoms with Crippen LogP contribution < -0.4 is 10.1 Å². The maximum atomic E-state index is 11.7. The second kappa shape index (κ2) is 10.1. The van der Waals surface area contributed by atoms with Gasteiger partial charge in [0.25, 0.3) is 0 Å². The standard InChI is InChI=1S/C26H30N4O4S/c1-34-24-5-3-19-25(29-24)17(7-11-27-19)6-8-26(33)9-12-30(13-10-26)15-21(31)18-2-4-22-20(14-18)28-23(32)16-35-22/h2-5,7,11,14,21,31,33H,6,8-10,12-13,15-16H2,1H3,(H,28,32). The van der Waals surface area contributed by atoms with Gasteiger partial charge in [-0.3, -0.25) is 9.78 Å². The number of carbonyl (C=O) groups excluding carboxylic acids is 1. The number of aliphatic hydroxyl groups excluding tert-OH is 1. The van der Waals surface area contributed by atoms with Crippen LogP contribution >= 0.6 is 11.8 Å². The highest BCUT2D eigenvalue weighted by Gasteiger charge is 2.33. The summed E-state index contributed by atoms with van der Waals surface area (Å²) in [5, 5.41) is 24.9. The molecule has 8 nitrogen and oxygen atoms in total. The van der Waals surface area contributed by atoms with Crippen molar-refractivity contribution in [2.45, 2.75) is 42.3 Å². The van der Waals surface area contributed by atoms with E-state index in [1.807, 2.05) is 30.3 Å². The number of benzene rings is 1. The van der Waals surface area contributed by atoms with Crippen LogP contribution in [0.5, 0.6) is 5.88 Å². The Morgan fingerprint density at radius 1 is 1.23 bits per heavy atom. The van der Waals surface area contributed by atoms with Crippen LogP contribution in [0, 0.1) is 0 Å². The minimum absolute atomic E-state index is 0.0147. The number of piperidine rings is 1. The maximum Gasteiger partial charge on any atom is 0.234 e. The maximum absolute atomic E-state index is 11.7. The van der Waals surface area contributed by atoms with Crippen molar-refractivity contribution in [3.8, 4) is 5.88 Å². The lowest BCUT2D eigenvalue weighted by atomic mass is 9.85. The van der Waals surface area contributed by atoms with Gasteiger partial charge in [-0.2, -0.15) is 0 Å². The highest BCUT2D eigenvalue weighted by Crippen LogP contribution is 2.34. The first-order valence-electron chi connectivity index (χ1n) is 11.9. The predicted octanol–water partition coefficient (Wildman–Crippen LogP) is 3.18. The summed E-state index contributed by atoms with van der Waals surface area (Å²) in [6.07, 6.45) is 3.78. The second-order valence-electron chi connectivity index (χ2n) is 9.32. The Hall–Kier alpha value is -2.72. The fraction of sp³-hybridized carbons (Fsp3) is 0.423. The summed E-state index contributed by atoms with van der Waals surface area (Å²) in [6.45, 7) is 1.93. The lowest BCUT2D eigenvalue weighted by Gasteiger charge is -2.39. The van der Waals surface area contributed by atoms with Crippen LogP contribution in [-0.4, -0.2) is 69.1 Å². The molecule has 1 fully saturated rings. The Morgan fingerprint density at radius 3 is 2.86 bits per heavy atom. The number of thioether (sulfide) groups is 1. The van der Waals surface area contributed by atoms with E-state index in [1.54, 1.807) is 19.4 Å². The third kappa shape index (κ3) is 5.43. The molecule has 1 unspecified atom stereocenters. The lowest BCUT2D eigenvalue weighted by Crippen LogP contribution is -2.45. The summed E-state index contributed by atoms with van der Waals surface area (Å²) in [5.74, 6) is 0.963. The van der Waals surface area contributed by atoms with Crippen LogP contribution in [0.25, 0.3) is 11.0 Å². The van der Waals surface area contributed by atoms with E-state index in [-0.39, 0.29) is 5.91 Å². The molecule has 0 aliphatic carbocycles. The van der Waals surface area contributed by atoms with Gasteiger partial charge in [-0.15, -0.1) is 11.8 Å². The highest BCUT2D eigenvalue weighted by atomic mass is 32.2. The van der Waals surface area contributed by atoms with E-state index in [9.17, 15) is 15.0 Å². The molecule has 1 atom stereocenters. The number of rotatable bonds is 7. The van der Waals surface area contributed by atoms with E-state index in [0.717, 1.165) is 32.7 Å². The highest BCUT2D eigenvalue weighted by molar-refractivity contribution is 8.00. The van der Waals surface area contributed by atoms with Gasteiger partial charge in [0.2, 0.25) is 11.8 Å². The zero-order valence-electron chi connectivity index (χ0n) is 19.7. The van der Waals surface area contributed by atoms with Gasteiger partial charge in [-0.25, -0.2) is 4.98 Å². The van der Waals surface area contributed by atoms with Gasteiger partial charge in [0.15, 0.2) is 0 Å². The molecular formula is C26H30N4O4S. The summed E-state index contributed by atoms with van der Waals surface area (Å²) in [6, 6.07) is 11.4. The summed E-state index contributed by atoms with van der Waals surface area (Å²) in [7, 11) is 1.60. The molecule has 2 aromatic heterocycles. The van der Waals surface area contributed by atoms with Crippen LogP contribution in [0.4, 0.5) is 5.69 Å². The van der Waals surface area contributed by atoms with Crippen molar-refractivity contribution < 1.29 is 19.7 Å². The first kappa shape index (κ1) is 24.0. The van der Waals surface area contributed by atoms with Crippen molar-refractivity contribution in [1.29, 1.82) is 0 Å². The van der Waals surface area contributed by atoms with Gasteiger partial charge < -0.3 is 25.2 Å². The molecule has 1 aromatic carbocycles. The number of anilines is 1. The van der Waals surface area contributed by atoms with E-state index in [2.05, 4.69) is 20.2 Å². The normalized spacial score (nSPS) is 18.7. The van der Waals surface area contributed by atoms with E-state index in [0.29, 0.717) is 57.0 Å². The van der Waals surface area contributed by atoms with Gasteiger partial charge in [0, 0.05) is 36.8 Å². The average molecular weight is 495 g/mol. The van der Waals surface area contributed by atoms with E-state index in [1.165, 1.54) is 11.8 Å². The monoisotopic (exact) mass is 494 g/mol. The molecule has 9 heteroatoms. The van der Waals surface area contributed by atoms with Gasteiger partial charge in [-0.1, -0.05) is 6.07 Å². The topological polar surface area (TPSA) is 108 Å². The fourth-order valence-electron chi connectivity index (χ4n) is 4.80. The second-order valence-corrected chi connectivity index (χ2v) is 10.3. The molecule has 2 aliphatic rings. The summed E-state index contributed by atoms with van der Waals surface area (Å²) < 4.78 is 5.27. The van der Waals surface area contributed by atoms with Gasteiger partial charge in [0.1, 0.15) is 0 Å². The number of hydrogen-bond acceptors (Lipinski definition) is 8. The molecule has 3 aromatic rings. The number of methoxy groups -OCH3 is 1. The smallest absolute Gasteiger partial charge is 0.234 e. The molecule has 0 spiro atoms. The van der Waals surface area contributed by atoms with Crippen LogP contribution in [0.3, 0.4) is 0 Å². The van der Waals surface area contributed by atoms with E-state index < -0.39 is 11.7 Å². The van der Waals surface area contributed by atoms with Crippen molar-refractivity contribution in [3.63, 3.8) is 0 Å². The molecule has 5 rings (SSSR count). The third-order valence-electron chi connectivity index (χ3n) is 6.95. The predicted molar refractivity (Wildman–Crippen MR) is 136 cm³/mol. The number of likely N-dealkylation sites (tertiary alicyclic amines) is 1. The number of fused-ring (bicyclic) bond motifs is 2. The minimum Gasteiger partial charge on any atom is -0.481 e. The molecule has 1 amide bonds. The quantitative estimate of drug-likeness (QED) is 0.460. The number of amides is 1. The van der Waals surface area contributed by atoms with E-state index >= 15 is 0 Å². The Morgan fingerprint density at radius 2 is 2.06 bits per heavy atom. The van der Waals surface area contributed by atoms with Gasteiger partial charge in [-0.05, 0) is 61.1 Å². The van der Waals surface area contributed by atoms with Crippen LogP contribution in [0.15, 0.2) is 47.5 Å². The molecule has 1 saturated heterocycles. The number of aryl methyl sites for hydroxylation is 1. The van der Waals surface area contributed by atoms with Crippen LogP contribution in [0.1, 0.15) is 36.5 Å². The largest absolute Gasteiger partial charge is 0.481 e. The number of nitrogens with zero attached hydrogens (tertiary/aromatic N) is 3. The molecule has 2 aliphatic heterocycles. The Balaban J connectivity index is 1.17. The van der Waals surface area contributed by atoms with Crippen molar-refractivity contribution in [2.24, 2.45) is 0 Å². The molecule has 0 saturated carbocycles. The van der Waals surface area contributed by atoms with E-state index in [4.69, 9.17) is 4.74 Å². The number of pyridine rings is 2. The molecule has 4 heterocycles. The number of aliphatic hydroxyl groups is 2. The Kier molecular flexibility index (Phi) is 6.93.